The Bertz CT molecular complexity index is 374. The second kappa shape index (κ2) is 5.21. The molecule has 0 atom stereocenters. The third-order valence-corrected chi connectivity index (χ3v) is 3.73. The topological polar surface area (TPSA) is 12.0 Å². The van der Waals surface area contributed by atoms with Gasteiger partial charge in [-0.05, 0) is 42.7 Å². The molecule has 2 rings (SSSR count). The third kappa shape index (κ3) is 3.84. The summed E-state index contributed by atoms with van der Waals surface area (Å²) in [5, 5.41) is 3.12. The molecule has 0 aromatic heterocycles. The third-order valence-electron chi connectivity index (χ3n) is 2.92. The van der Waals surface area contributed by atoms with E-state index in [-0.39, 0.29) is 16.7 Å². The molecule has 1 aliphatic rings. The summed E-state index contributed by atoms with van der Waals surface area (Å²) in [6.07, 6.45) is 3.61. The van der Waals surface area contributed by atoms with Gasteiger partial charge in [0, 0.05) is 17.1 Å². The predicted octanol–water partition coefficient (Wildman–Crippen LogP) is 4.51. The molecule has 0 radical (unpaired) electrons. The van der Waals surface area contributed by atoms with Crippen molar-refractivity contribution >= 4 is 17.4 Å². The number of anilines is 1. The zero-order chi connectivity index (χ0) is 12.3. The SMILES string of the molecule is FC(F)(F)Sc1ccccc1NCC1CCC1. The van der Waals surface area contributed by atoms with Gasteiger partial charge in [0.05, 0.1) is 0 Å². The Kier molecular flexibility index (Phi) is 3.86. The van der Waals surface area contributed by atoms with Crippen LogP contribution in [0.15, 0.2) is 29.2 Å². The van der Waals surface area contributed by atoms with Gasteiger partial charge >= 0.3 is 5.51 Å². The Morgan fingerprint density at radius 1 is 1.24 bits per heavy atom. The molecule has 17 heavy (non-hydrogen) atoms. The monoisotopic (exact) mass is 261 g/mol. The number of para-hydroxylation sites is 1. The number of halogens is 3. The van der Waals surface area contributed by atoms with Crippen molar-refractivity contribution in [2.75, 3.05) is 11.9 Å². The Hall–Kier alpha value is -0.840. The second-order valence-electron chi connectivity index (χ2n) is 4.22. The van der Waals surface area contributed by atoms with E-state index >= 15 is 0 Å². The lowest BCUT2D eigenvalue weighted by Crippen LogP contribution is -2.21. The van der Waals surface area contributed by atoms with Crippen LogP contribution in [0.3, 0.4) is 0 Å². The maximum atomic E-state index is 12.3. The average Bonchev–Trinajstić information content (AvgIpc) is 2.16. The predicted molar refractivity (Wildman–Crippen MR) is 64.2 cm³/mol. The van der Waals surface area contributed by atoms with E-state index in [2.05, 4.69) is 5.32 Å². The number of alkyl halides is 3. The van der Waals surface area contributed by atoms with Crippen LogP contribution in [0.5, 0.6) is 0 Å². The molecule has 1 aliphatic carbocycles. The van der Waals surface area contributed by atoms with E-state index in [4.69, 9.17) is 0 Å². The summed E-state index contributed by atoms with van der Waals surface area (Å²) < 4.78 is 37.0. The lowest BCUT2D eigenvalue weighted by atomic mass is 9.85. The standard InChI is InChI=1S/C12H14F3NS/c13-12(14,15)17-11-7-2-1-6-10(11)16-8-9-4-3-5-9/h1-2,6-7,9,16H,3-5,8H2. The molecule has 1 aromatic rings. The van der Waals surface area contributed by atoms with E-state index in [0.29, 0.717) is 11.6 Å². The minimum absolute atomic E-state index is 0.0579. The number of hydrogen-bond acceptors (Lipinski definition) is 2. The van der Waals surface area contributed by atoms with Crippen LogP contribution in [-0.2, 0) is 0 Å². The molecule has 0 heterocycles. The summed E-state index contributed by atoms with van der Waals surface area (Å²) in [5.41, 5.74) is -3.64. The van der Waals surface area contributed by atoms with Crippen LogP contribution in [-0.4, -0.2) is 12.1 Å². The van der Waals surface area contributed by atoms with Crippen molar-refractivity contribution in [1.29, 1.82) is 0 Å². The van der Waals surface area contributed by atoms with Crippen LogP contribution in [0.1, 0.15) is 19.3 Å². The Morgan fingerprint density at radius 2 is 1.94 bits per heavy atom. The first-order valence-corrected chi connectivity index (χ1v) is 6.45. The van der Waals surface area contributed by atoms with E-state index in [1.54, 1.807) is 18.2 Å². The van der Waals surface area contributed by atoms with E-state index in [0.717, 1.165) is 6.54 Å². The highest BCUT2D eigenvalue weighted by atomic mass is 32.2. The fourth-order valence-electron chi connectivity index (χ4n) is 1.78. The highest BCUT2D eigenvalue weighted by Gasteiger charge is 2.30. The number of nitrogens with one attached hydrogen (secondary N) is 1. The average molecular weight is 261 g/mol. The van der Waals surface area contributed by atoms with Gasteiger partial charge in [0.1, 0.15) is 0 Å². The maximum absolute atomic E-state index is 12.3. The minimum Gasteiger partial charge on any atom is -0.384 e. The van der Waals surface area contributed by atoms with E-state index in [1.807, 2.05) is 0 Å². The molecule has 0 aliphatic heterocycles. The molecule has 1 aromatic carbocycles. The number of rotatable bonds is 4. The van der Waals surface area contributed by atoms with Crippen LogP contribution in [0, 0.1) is 5.92 Å². The van der Waals surface area contributed by atoms with Crippen LogP contribution < -0.4 is 5.32 Å². The quantitative estimate of drug-likeness (QED) is 0.800. The van der Waals surface area contributed by atoms with Gasteiger partial charge in [0.15, 0.2) is 0 Å². The fourth-order valence-corrected chi connectivity index (χ4v) is 2.42. The highest BCUT2D eigenvalue weighted by molar-refractivity contribution is 8.00. The molecule has 0 amide bonds. The first-order chi connectivity index (χ1) is 8.04. The molecule has 1 fully saturated rings. The molecule has 1 N–H and O–H groups in total. The summed E-state index contributed by atoms with van der Waals surface area (Å²) in [4.78, 5) is 0.249. The first-order valence-electron chi connectivity index (χ1n) is 5.63. The zero-order valence-corrected chi connectivity index (χ0v) is 10.1. The Labute approximate surface area is 103 Å². The molecular formula is C12H14F3NS. The minimum atomic E-state index is -4.23. The Morgan fingerprint density at radius 3 is 2.53 bits per heavy atom. The first kappa shape index (κ1) is 12.6. The molecule has 5 heteroatoms. The van der Waals surface area contributed by atoms with Crippen molar-refractivity contribution in [2.45, 2.75) is 29.7 Å². The molecular weight excluding hydrogens is 247 g/mol. The molecule has 94 valence electrons. The second-order valence-corrected chi connectivity index (χ2v) is 5.33. The maximum Gasteiger partial charge on any atom is 0.446 e. The highest BCUT2D eigenvalue weighted by Crippen LogP contribution is 2.40. The Balaban J connectivity index is 1.99. The molecule has 0 saturated heterocycles. The van der Waals surface area contributed by atoms with E-state index < -0.39 is 5.51 Å². The number of benzene rings is 1. The van der Waals surface area contributed by atoms with Crippen molar-refractivity contribution in [3.63, 3.8) is 0 Å². The smallest absolute Gasteiger partial charge is 0.384 e. The van der Waals surface area contributed by atoms with Crippen LogP contribution in [0.2, 0.25) is 0 Å². The summed E-state index contributed by atoms with van der Waals surface area (Å²) >= 11 is -0.0579. The summed E-state index contributed by atoms with van der Waals surface area (Å²) in [6.45, 7) is 0.773. The van der Waals surface area contributed by atoms with Crippen molar-refractivity contribution in [3.05, 3.63) is 24.3 Å². The molecule has 0 spiro atoms. The van der Waals surface area contributed by atoms with Gasteiger partial charge in [-0.3, -0.25) is 0 Å². The van der Waals surface area contributed by atoms with Crippen LogP contribution in [0.4, 0.5) is 18.9 Å². The van der Waals surface area contributed by atoms with Crippen molar-refractivity contribution < 1.29 is 13.2 Å². The van der Waals surface area contributed by atoms with Gasteiger partial charge in [-0.15, -0.1) is 0 Å². The van der Waals surface area contributed by atoms with Crippen molar-refractivity contribution in [3.8, 4) is 0 Å². The van der Waals surface area contributed by atoms with Gasteiger partial charge in [-0.2, -0.15) is 13.2 Å². The lowest BCUT2D eigenvalue weighted by molar-refractivity contribution is -0.0327. The number of hydrogen-bond donors (Lipinski definition) is 1. The van der Waals surface area contributed by atoms with Gasteiger partial charge in [0.2, 0.25) is 0 Å². The molecule has 0 unspecified atom stereocenters. The number of thioether (sulfide) groups is 1. The summed E-state index contributed by atoms with van der Waals surface area (Å²) in [6, 6.07) is 6.58. The largest absolute Gasteiger partial charge is 0.446 e. The summed E-state index contributed by atoms with van der Waals surface area (Å²) in [5.74, 6) is 0.624. The van der Waals surface area contributed by atoms with E-state index in [1.165, 1.54) is 25.3 Å². The van der Waals surface area contributed by atoms with Crippen molar-refractivity contribution in [1.82, 2.24) is 0 Å². The van der Waals surface area contributed by atoms with Gasteiger partial charge in [0.25, 0.3) is 0 Å². The molecule has 1 saturated carbocycles. The van der Waals surface area contributed by atoms with E-state index in [9.17, 15) is 13.2 Å². The summed E-state index contributed by atoms with van der Waals surface area (Å²) in [7, 11) is 0. The van der Waals surface area contributed by atoms with Crippen LogP contribution in [0.25, 0.3) is 0 Å². The lowest BCUT2D eigenvalue weighted by Gasteiger charge is -2.26. The van der Waals surface area contributed by atoms with Gasteiger partial charge in [-0.25, -0.2) is 0 Å². The van der Waals surface area contributed by atoms with Gasteiger partial charge < -0.3 is 5.32 Å². The molecule has 1 nitrogen and oxygen atoms in total. The van der Waals surface area contributed by atoms with Crippen molar-refractivity contribution in [2.24, 2.45) is 5.92 Å². The fraction of sp³-hybridized carbons (Fsp3) is 0.500. The normalized spacial score (nSPS) is 16.6. The molecule has 0 bridgehead atoms. The van der Waals surface area contributed by atoms with Crippen LogP contribution >= 0.6 is 11.8 Å². The zero-order valence-electron chi connectivity index (χ0n) is 9.26. The van der Waals surface area contributed by atoms with Gasteiger partial charge in [-0.1, -0.05) is 18.6 Å².